The largest absolute Gasteiger partial charge is 0.383 e. The minimum Gasteiger partial charge on any atom is -0.383 e. The summed E-state index contributed by atoms with van der Waals surface area (Å²) < 4.78 is 10.1. The molecule has 1 aliphatic heterocycles. The highest BCUT2D eigenvalue weighted by molar-refractivity contribution is 4.68. The summed E-state index contributed by atoms with van der Waals surface area (Å²) in [5, 5.41) is 3.27. The van der Waals surface area contributed by atoms with Gasteiger partial charge in [-0.05, 0) is 0 Å². The molecule has 1 atom stereocenters. The first-order valence-electron chi connectivity index (χ1n) is 4.23. The van der Waals surface area contributed by atoms with Crippen LogP contribution >= 0.6 is 0 Å². The molecule has 0 aromatic rings. The zero-order valence-electron chi connectivity index (χ0n) is 7.72. The Morgan fingerprint density at radius 3 is 2.73 bits per heavy atom. The molecule has 0 radical (unpaired) electrons. The van der Waals surface area contributed by atoms with Crippen LogP contribution in [0.25, 0.3) is 0 Å². The summed E-state index contributed by atoms with van der Waals surface area (Å²) >= 11 is 0. The summed E-state index contributed by atoms with van der Waals surface area (Å²) in [6.07, 6.45) is 0. The SMILES string of the molecule is CC.COCC1COCCN1. The van der Waals surface area contributed by atoms with Gasteiger partial charge < -0.3 is 14.8 Å². The molecule has 3 heteroatoms. The highest BCUT2D eigenvalue weighted by Gasteiger charge is 2.10. The smallest absolute Gasteiger partial charge is 0.0642 e. The number of methoxy groups -OCH3 is 1. The minimum absolute atomic E-state index is 0.406. The molecule has 0 amide bonds. The normalized spacial score (nSPS) is 23.7. The monoisotopic (exact) mass is 161 g/mol. The second-order valence-corrected chi connectivity index (χ2v) is 2.18. The predicted molar refractivity (Wildman–Crippen MR) is 45.8 cm³/mol. The van der Waals surface area contributed by atoms with Crippen molar-refractivity contribution in [1.29, 1.82) is 0 Å². The van der Waals surface area contributed by atoms with Crippen LogP contribution in [0.3, 0.4) is 0 Å². The van der Waals surface area contributed by atoms with E-state index in [1.54, 1.807) is 7.11 Å². The van der Waals surface area contributed by atoms with Gasteiger partial charge in [0.15, 0.2) is 0 Å². The summed E-state index contributed by atoms with van der Waals surface area (Å²) in [7, 11) is 1.70. The van der Waals surface area contributed by atoms with E-state index in [1.807, 2.05) is 13.8 Å². The van der Waals surface area contributed by atoms with Crippen molar-refractivity contribution in [3.63, 3.8) is 0 Å². The summed E-state index contributed by atoms with van der Waals surface area (Å²) in [6, 6.07) is 0.406. The van der Waals surface area contributed by atoms with Crippen molar-refractivity contribution in [3.05, 3.63) is 0 Å². The van der Waals surface area contributed by atoms with Gasteiger partial charge in [-0.15, -0.1) is 0 Å². The third-order valence-electron chi connectivity index (χ3n) is 1.37. The van der Waals surface area contributed by atoms with Gasteiger partial charge in [-0.3, -0.25) is 0 Å². The Kier molecular flexibility index (Phi) is 7.89. The molecule has 0 aromatic heterocycles. The predicted octanol–water partition coefficient (Wildman–Crippen LogP) is 0.647. The van der Waals surface area contributed by atoms with Crippen molar-refractivity contribution in [2.24, 2.45) is 0 Å². The summed E-state index contributed by atoms with van der Waals surface area (Å²) in [6.45, 7) is 7.32. The van der Waals surface area contributed by atoms with Crippen LogP contribution in [0.5, 0.6) is 0 Å². The molecule has 0 saturated carbocycles. The third kappa shape index (κ3) is 5.18. The van der Waals surface area contributed by atoms with E-state index >= 15 is 0 Å². The minimum atomic E-state index is 0.406. The van der Waals surface area contributed by atoms with Crippen molar-refractivity contribution >= 4 is 0 Å². The summed E-state index contributed by atoms with van der Waals surface area (Å²) in [5.74, 6) is 0. The molecule has 1 rings (SSSR count). The van der Waals surface area contributed by atoms with E-state index in [4.69, 9.17) is 9.47 Å². The third-order valence-corrected chi connectivity index (χ3v) is 1.37. The molecule has 1 heterocycles. The van der Waals surface area contributed by atoms with Crippen molar-refractivity contribution in [2.45, 2.75) is 19.9 Å². The molecular weight excluding hydrogens is 142 g/mol. The molecule has 11 heavy (non-hydrogen) atoms. The van der Waals surface area contributed by atoms with Gasteiger partial charge in [-0.1, -0.05) is 13.8 Å². The van der Waals surface area contributed by atoms with Crippen molar-refractivity contribution in [1.82, 2.24) is 5.32 Å². The first kappa shape index (κ1) is 10.9. The van der Waals surface area contributed by atoms with Crippen LogP contribution in [0, 0.1) is 0 Å². The quantitative estimate of drug-likeness (QED) is 0.645. The Hall–Kier alpha value is -0.120. The van der Waals surface area contributed by atoms with Gasteiger partial charge in [0, 0.05) is 13.7 Å². The van der Waals surface area contributed by atoms with Gasteiger partial charge in [0.05, 0.1) is 25.9 Å². The van der Waals surface area contributed by atoms with E-state index in [2.05, 4.69) is 5.32 Å². The van der Waals surface area contributed by atoms with Crippen molar-refractivity contribution < 1.29 is 9.47 Å². The molecule has 0 bridgehead atoms. The number of rotatable bonds is 2. The maximum Gasteiger partial charge on any atom is 0.0642 e. The number of hydrogen-bond donors (Lipinski definition) is 1. The fourth-order valence-corrected chi connectivity index (χ4v) is 0.928. The molecule has 1 unspecified atom stereocenters. The van der Waals surface area contributed by atoms with Crippen LogP contribution in [0.2, 0.25) is 0 Å². The zero-order chi connectivity index (χ0) is 8.53. The molecule has 1 N–H and O–H groups in total. The van der Waals surface area contributed by atoms with Crippen molar-refractivity contribution in [3.8, 4) is 0 Å². The molecule has 0 aliphatic carbocycles. The van der Waals surface area contributed by atoms with Gasteiger partial charge >= 0.3 is 0 Å². The number of ether oxygens (including phenoxy) is 2. The maximum atomic E-state index is 5.19. The standard InChI is InChI=1S/C6H13NO2.C2H6/c1-8-4-6-5-9-3-2-7-6;1-2/h6-7H,2-5H2,1H3;1-2H3. The number of morpholine rings is 1. The second kappa shape index (κ2) is 7.98. The molecule has 1 aliphatic rings. The fraction of sp³-hybridized carbons (Fsp3) is 1.00. The first-order chi connectivity index (χ1) is 5.43. The first-order valence-corrected chi connectivity index (χ1v) is 4.23. The Morgan fingerprint density at radius 1 is 1.55 bits per heavy atom. The molecule has 0 spiro atoms. The maximum absolute atomic E-state index is 5.19. The lowest BCUT2D eigenvalue weighted by Gasteiger charge is -2.22. The van der Waals surface area contributed by atoms with E-state index in [0.717, 1.165) is 26.4 Å². The topological polar surface area (TPSA) is 30.5 Å². The van der Waals surface area contributed by atoms with Crippen LogP contribution < -0.4 is 5.32 Å². The molecule has 1 fully saturated rings. The van der Waals surface area contributed by atoms with Crippen LogP contribution in [0.15, 0.2) is 0 Å². The van der Waals surface area contributed by atoms with Crippen LogP contribution in [-0.4, -0.2) is 39.5 Å². The summed E-state index contributed by atoms with van der Waals surface area (Å²) in [4.78, 5) is 0. The van der Waals surface area contributed by atoms with Gasteiger partial charge in [-0.2, -0.15) is 0 Å². The molecular formula is C8H19NO2. The van der Waals surface area contributed by atoms with Crippen LogP contribution in [0.4, 0.5) is 0 Å². The Labute approximate surface area is 69.1 Å². The highest BCUT2D eigenvalue weighted by Crippen LogP contribution is 1.91. The lowest BCUT2D eigenvalue weighted by Crippen LogP contribution is -2.43. The number of hydrogen-bond acceptors (Lipinski definition) is 3. The fourth-order valence-electron chi connectivity index (χ4n) is 0.928. The molecule has 3 nitrogen and oxygen atoms in total. The molecule has 68 valence electrons. The van der Waals surface area contributed by atoms with Crippen LogP contribution in [0.1, 0.15) is 13.8 Å². The molecule has 1 saturated heterocycles. The lowest BCUT2D eigenvalue weighted by molar-refractivity contribution is 0.0432. The average Bonchev–Trinajstić information content (AvgIpc) is 2.11. The van der Waals surface area contributed by atoms with Gasteiger partial charge in [-0.25, -0.2) is 0 Å². The van der Waals surface area contributed by atoms with Crippen molar-refractivity contribution in [2.75, 3.05) is 33.5 Å². The van der Waals surface area contributed by atoms with E-state index in [9.17, 15) is 0 Å². The second-order valence-electron chi connectivity index (χ2n) is 2.18. The Morgan fingerprint density at radius 2 is 2.27 bits per heavy atom. The molecule has 0 aromatic carbocycles. The Bertz CT molecular complexity index is 69.7. The highest BCUT2D eigenvalue weighted by atomic mass is 16.5. The average molecular weight is 161 g/mol. The Balaban J connectivity index is 0.000000461. The van der Waals surface area contributed by atoms with E-state index in [1.165, 1.54) is 0 Å². The zero-order valence-corrected chi connectivity index (χ0v) is 7.72. The summed E-state index contributed by atoms with van der Waals surface area (Å²) in [5.41, 5.74) is 0. The van der Waals surface area contributed by atoms with Gasteiger partial charge in [0.1, 0.15) is 0 Å². The number of nitrogens with one attached hydrogen (secondary N) is 1. The van der Waals surface area contributed by atoms with E-state index in [-0.39, 0.29) is 0 Å². The lowest BCUT2D eigenvalue weighted by atomic mass is 10.3. The van der Waals surface area contributed by atoms with E-state index in [0.29, 0.717) is 6.04 Å². The van der Waals surface area contributed by atoms with E-state index < -0.39 is 0 Å². The van der Waals surface area contributed by atoms with Gasteiger partial charge in [0.25, 0.3) is 0 Å². The van der Waals surface area contributed by atoms with Crippen LogP contribution in [-0.2, 0) is 9.47 Å². The van der Waals surface area contributed by atoms with Gasteiger partial charge in [0.2, 0.25) is 0 Å².